The molecule has 0 radical (unpaired) electrons. The molecule has 2 atom stereocenters. The van der Waals surface area contributed by atoms with Crippen LogP contribution in [0.2, 0.25) is 0 Å². The highest BCUT2D eigenvalue weighted by Crippen LogP contribution is 2.36. The van der Waals surface area contributed by atoms with Gasteiger partial charge in [-0.3, -0.25) is 0 Å². The highest BCUT2D eigenvalue weighted by atomic mass is 32.1. The van der Waals surface area contributed by atoms with Crippen LogP contribution in [0.25, 0.3) is 16.3 Å². The molecule has 3 fully saturated rings. The van der Waals surface area contributed by atoms with Crippen LogP contribution < -0.4 is 15.0 Å². The van der Waals surface area contributed by atoms with Gasteiger partial charge in [0, 0.05) is 36.8 Å². The number of rotatable bonds is 5. The average Bonchev–Trinajstić information content (AvgIpc) is 3.30. The van der Waals surface area contributed by atoms with Crippen LogP contribution in [0.3, 0.4) is 0 Å². The summed E-state index contributed by atoms with van der Waals surface area (Å²) in [5, 5.41) is 20.3. The van der Waals surface area contributed by atoms with Crippen LogP contribution in [0.1, 0.15) is 20.3 Å². The van der Waals surface area contributed by atoms with Gasteiger partial charge in [-0.05, 0) is 32.4 Å². The summed E-state index contributed by atoms with van der Waals surface area (Å²) in [4.78, 5) is 10.9. The van der Waals surface area contributed by atoms with E-state index in [0.717, 1.165) is 33.4 Å². The second-order valence-electron chi connectivity index (χ2n) is 7.95. The number of thiazole rings is 1. The molecule has 0 aromatic carbocycles. The molecule has 0 spiro atoms. The van der Waals surface area contributed by atoms with E-state index in [9.17, 15) is 13.9 Å². The lowest BCUT2D eigenvalue weighted by Crippen LogP contribution is -2.67. The third-order valence-corrected chi connectivity index (χ3v) is 6.04. The Balaban J connectivity index is 1.60. The molecule has 8 nitrogen and oxygen atoms in total. The maximum Gasteiger partial charge on any atom is 0.426 e. The van der Waals surface area contributed by atoms with E-state index in [1.807, 2.05) is 10.3 Å². The molecule has 2 unspecified atom stereocenters. The van der Waals surface area contributed by atoms with Crippen LogP contribution >= 0.6 is 11.3 Å². The molecule has 3 aliphatic rings. The van der Waals surface area contributed by atoms with Crippen LogP contribution in [0.15, 0.2) is 23.7 Å². The number of fused-ring (bicyclic) bond motifs is 3. The molecule has 6 rings (SSSR count). The van der Waals surface area contributed by atoms with Crippen LogP contribution in [-0.4, -0.2) is 61.6 Å². The van der Waals surface area contributed by atoms with E-state index in [2.05, 4.69) is 20.4 Å². The number of ether oxygens (including phenoxy) is 1. The van der Waals surface area contributed by atoms with E-state index in [-0.39, 0.29) is 11.4 Å². The quantitative estimate of drug-likeness (QED) is 0.651. The van der Waals surface area contributed by atoms with Gasteiger partial charge in [0.15, 0.2) is 11.4 Å². The fourth-order valence-corrected chi connectivity index (χ4v) is 4.24. The molecule has 2 bridgehead atoms. The Hall–Kier alpha value is -2.37. The van der Waals surface area contributed by atoms with Crippen LogP contribution in [-0.2, 0) is 0 Å². The predicted molar refractivity (Wildman–Crippen MR) is 104 cm³/mol. The minimum Gasteiger partial charge on any atom is -0.426 e. The summed E-state index contributed by atoms with van der Waals surface area (Å²) in [6, 6.07) is 3.83. The summed E-state index contributed by atoms with van der Waals surface area (Å²) in [5.74, 6) is 0.304. The van der Waals surface area contributed by atoms with E-state index in [0.29, 0.717) is 28.7 Å². The smallest absolute Gasteiger partial charge is 0.426 e. The number of hydrogen-bond donors (Lipinski definition) is 2. The van der Waals surface area contributed by atoms with Gasteiger partial charge >= 0.3 is 6.11 Å². The van der Waals surface area contributed by atoms with Gasteiger partial charge in [-0.25, -0.2) is 9.50 Å². The number of piperidine rings is 1. The first kappa shape index (κ1) is 18.6. The average molecular weight is 422 g/mol. The Morgan fingerprint density at radius 1 is 1.28 bits per heavy atom. The van der Waals surface area contributed by atoms with E-state index >= 15 is 0 Å². The van der Waals surface area contributed by atoms with Gasteiger partial charge in [0.1, 0.15) is 10.7 Å². The van der Waals surface area contributed by atoms with Crippen molar-refractivity contribution in [1.29, 1.82) is 0 Å². The first-order chi connectivity index (χ1) is 13.7. The summed E-state index contributed by atoms with van der Waals surface area (Å²) in [5.41, 5.74) is -1.57. The number of alkyl halides is 2. The minimum absolute atomic E-state index is 0.156. The Morgan fingerprint density at radius 3 is 2.62 bits per heavy atom. The van der Waals surface area contributed by atoms with Crippen molar-refractivity contribution in [2.75, 3.05) is 18.0 Å². The van der Waals surface area contributed by atoms with Crippen molar-refractivity contribution in [3.63, 3.8) is 0 Å². The lowest BCUT2D eigenvalue weighted by Gasteiger charge is -2.47. The minimum atomic E-state index is -3.81. The van der Waals surface area contributed by atoms with Gasteiger partial charge in [-0.1, -0.05) is 0 Å². The van der Waals surface area contributed by atoms with E-state index < -0.39 is 11.7 Å². The fourth-order valence-electron chi connectivity index (χ4n) is 3.59. The topological polar surface area (TPSA) is 87.8 Å². The van der Waals surface area contributed by atoms with Crippen molar-refractivity contribution < 1.29 is 18.6 Å². The lowest BCUT2D eigenvalue weighted by atomic mass is 9.92. The van der Waals surface area contributed by atoms with Gasteiger partial charge in [0.25, 0.3) is 0 Å². The van der Waals surface area contributed by atoms with Crippen molar-refractivity contribution in [1.82, 2.24) is 24.9 Å². The Morgan fingerprint density at radius 2 is 2.00 bits per heavy atom. The Bertz CT molecular complexity index is 1030. The van der Waals surface area contributed by atoms with Gasteiger partial charge < -0.3 is 20.1 Å². The van der Waals surface area contributed by atoms with E-state index in [4.69, 9.17) is 4.74 Å². The fraction of sp³-hybridized carbons (Fsp3) is 0.500. The molecule has 11 heteroatoms. The van der Waals surface area contributed by atoms with Crippen molar-refractivity contribution in [3.05, 3.63) is 23.7 Å². The summed E-state index contributed by atoms with van der Waals surface area (Å²) in [7, 11) is 0. The standard InChI is InChI=1S/C18H20F2N6O2S/c1-17(2,27)18(19,20)28-13-4-3-12(15-21-5-6-29-15)26-14(13)23-16(24-26)25-8-10-7-11(9-25)22-10/h3-6,10-11,22,27H,7-9H2,1-2H3. The molecule has 154 valence electrons. The number of aromatic nitrogens is 4. The number of nitrogens with one attached hydrogen (secondary N) is 1. The molecular formula is C18H20F2N6O2S. The number of hydrogen-bond acceptors (Lipinski definition) is 8. The van der Waals surface area contributed by atoms with Crippen molar-refractivity contribution in [2.24, 2.45) is 0 Å². The Labute approximate surface area is 169 Å². The third-order valence-electron chi connectivity index (χ3n) is 5.24. The zero-order valence-electron chi connectivity index (χ0n) is 15.8. The number of pyridine rings is 1. The van der Waals surface area contributed by atoms with Crippen molar-refractivity contribution in [3.8, 4) is 16.5 Å². The molecule has 29 heavy (non-hydrogen) atoms. The molecule has 3 aromatic rings. The molecule has 2 N–H and O–H groups in total. The highest BCUT2D eigenvalue weighted by Gasteiger charge is 2.49. The molecule has 0 saturated carbocycles. The zero-order valence-corrected chi connectivity index (χ0v) is 16.7. The summed E-state index contributed by atoms with van der Waals surface area (Å²) in [6.07, 6.45) is -1.01. The number of halogens is 2. The summed E-state index contributed by atoms with van der Waals surface area (Å²) < 4.78 is 35.2. The second kappa shape index (κ2) is 6.31. The van der Waals surface area contributed by atoms with Gasteiger partial charge in [-0.15, -0.1) is 16.4 Å². The maximum absolute atomic E-state index is 14.4. The van der Waals surface area contributed by atoms with Crippen molar-refractivity contribution >= 4 is 22.9 Å². The van der Waals surface area contributed by atoms with Gasteiger partial charge in [-0.2, -0.15) is 13.8 Å². The largest absolute Gasteiger partial charge is 0.426 e. The van der Waals surface area contributed by atoms with Gasteiger partial charge in [0.05, 0.1) is 0 Å². The monoisotopic (exact) mass is 422 g/mol. The predicted octanol–water partition coefficient (Wildman–Crippen LogP) is 2.15. The van der Waals surface area contributed by atoms with E-state index in [1.165, 1.54) is 21.9 Å². The first-order valence-electron chi connectivity index (χ1n) is 9.31. The normalized spacial score (nSPS) is 22.0. The van der Waals surface area contributed by atoms with Crippen LogP contribution in [0.4, 0.5) is 14.7 Å². The molecular weight excluding hydrogens is 402 g/mol. The number of anilines is 1. The number of piperazine rings is 1. The molecule has 6 heterocycles. The first-order valence-corrected chi connectivity index (χ1v) is 10.2. The molecule has 3 saturated heterocycles. The number of aliphatic hydroxyl groups is 1. The SMILES string of the molecule is CC(C)(O)C(F)(F)Oc1ccc(-c2nccs2)n2nc(N3CC4CC(C3)N4)nc12. The van der Waals surface area contributed by atoms with Crippen LogP contribution in [0, 0.1) is 0 Å². The molecule has 0 amide bonds. The lowest BCUT2D eigenvalue weighted by molar-refractivity contribution is -0.275. The van der Waals surface area contributed by atoms with E-state index in [1.54, 1.807) is 12.3 Å². The van der Waals surface area contributed by atoms with Crippen molar-refractivity contribution in [2.45, 2.75) is 44.1 Å². The second-order valence-corrected chi connectivity index (χ2v) is 8.84. The van der Waals surface area contributed by atoms with Crippen LogP contribution in [0.5, 0.6) is 5.75 Å². The maximum atomic E-state index is 14.4. The Kier molecular flexibility index (Phi) is 4.06. The number of nitrogens with zero attached hydrogens (tertiary/aromatic N) is 5. The zero-order chi connectivity index (χ0) is 20.4. The molecule has 3 aliphatic heterocycles. The third kappa shape index (κ3) is 3.13. The summed E-state index contributed by atoms with van der Waals surface area (Å²) >= 11 is 1.41. The summed E-state index contributed by atoms with van der Waals surface area (Å²) in [6.45, 7) is 3.51. The molecule has 0 aliphatic carbocycles. The van der Waals surface area contributed by atoms with Gasteiger partial charge in [0.2, 0.25) is 11.6 Å². The highest BCUT2D eigenvalue weighted by molar-refractivity contribution is 7.13. The molecule has 3 aromatic heterocycles.